The van der Waals surface area contributed by atoms with Crippen LogP contribution in [0.25, 0.3) is 21.8 Å². The van der Waals surface area contributed by atoms with Crippen LogP contribution in [0.1, 0.15) is 0 Å². The number of methoxy groups -OCH3 is 1. The molecule has 1 heterocycles. The summed E-state index contributed by atoms with van der Waals surface area (Å²) in [7, 11) is 1.41. The van der Waals surface area contributed by atoms with Gasteiger partial charge in [-0.25, -0.2) is 0 Å². The molecule has 0 atom stereocenters. The van der Waals surface area contributed by atoms with Crippen LogP contribution < -0.4 is 0 Å². The van der Waals surface area contributed by atoms with E-state index in [4.69, 9.17) is 4.74 Å². The maximum atomic E-state index is 11.5. The third-order valence-corrected chi connectivity index (χ3v) is 3.19. The number of benzene rings is 2. The Hall–Kier alpha value is -2.29. The fourth-order valence-corrected chi connectivity index (χ4v) is 2.37. The van der Waals surface area contributed by atoms with Crippen LogP contribution in [0, 0.1) is 0 Å². The summed E-state index contributed by atoms with van der Waals surface area (Å²) in [4.78, 5) is 11.5. The van der Waals surface area contributed by atoms with Gasteiger partial charge in [-0.15, -0.1) is 0 Å². The number of ether oxygens (including phenoxy) is 1. The second kappa shape index (κ2) is 4.18. The summed E-state index contributed by atoms with van der Waals surface area (Å²) in [5, 5.41) is 2.33. The first-order chi connectivity index (χ1) is 8.81. The van der Waals surface area contributed by atoms with Crippen LogP contribution in [-0.2, 0) is 16.1 Å². The summed E-state index contributed by atoms with van der Waals surface area (Å²) in [6, 6.07) is 16.2. The van der Waals surface area contributed by atoms with Crippen LogP contribution in [-0.4, -0.2) is 17.6 Å². The van der Waals surface area contributed by atoms with Gasteiger partial charge in [0.2, 0.25) is 0 Å². The zero-order valence-corrected chi connectivity index (χ0v) is 10.1. The van der Waals surface area contributed by atoms with Crippen molar-refractivity contribution in [1.29, 1.82) is 0 Å². The zero-order valence-electron chi connectivity index (χ0n) is 10.1. The standard InChI is InChI=1S/C15H13NO2/c1-18-15(17)10-16-13-8-4-2-6-11(13)12-7-3-5-9-14(12)16/h2-9H,10H2,1H3. The Labute approximate surface area is 105 Å². The molecule has 90 valence electrons. The molecule has 0 aliphatic carbocycles. The molecule has 0 N–H and O–H groups in total. The third kappa shape index (κ3) is 1.56. The van der Waals surface area contributed by atoms with Gasteiger partial charge in [0.1, 0.15) is 6.54 Å². The van der Waals surface area contributed by atoms with E-state index in [1.54, 1.807) is 0 Å². The lowest BCUT2D eigenvalue weighted by Gasteiger charge is -2.05. The molecule has 1 aromatic heterocycles. The molecule has 18 heavy (non-hydrogen) atoms. The van der Waals surface area contributed by atoms with Crippen molar-refractivity contribution in [2.24, 2.45) is 0 Å². The second-order valence-electron chi connectivity index (χ2n) is 4.20. The summed E-state index contributed by atoms with van der Waals surface area (Å²) < 4.78 is 6.76. The number of hydrogen-bond acceptors (Lipinski definition) is 2. The van der Waals surface area contributed by atoms with Crippen molar-refractivity contribution < 1.29 is 9.53 Å². The molecule has 0 bridgehead atoms. The molecule has 0 fully saturated rings. The van der Waals surface area contributed by atoms with Gasteiger partial charge in [-0.2, -0.15) is 0 Å². The average Bonchev–Trinajstić information content (AvgIpc) is 2.74. The van der Waals surface area contributed by atoms with E-state index < -0.39 is 0 Å². The predicted molar refractivity (Wildman–Crippen MR) is 71.5 cm³/mol. The van der Waals surface area contributed by atoms with Crippen LogP contribution in [0.5, 0.6) is 0 Å². The number of esters is 1. The highest BCUT2D eigenvalue weighted by Crippen LogP contribution is 2.28. The van der Waals surface area contributed by atoms with Crippen molar-refractivity contribution >= 4 is 27.8 Å². The molecule has 0 saturated heterocycles. The van der Waals surface area contributed by atoms with E-state index in [-0.39, 0.29) is 12.5 Å². The lowest BCUT2D eigenvalue weighted by molar-refractivity contribution is -0.141. The Morgan fingerprint density at radius 1 is 1.00 bits per heavy atom. The molecule has 3 aromatic rings. The van der Waals surface area contributed by atoms with E-state index in [1.165, 1.54) is 7.11 Å². The van der Waals surface area contributed by atoms with Crippen LogP contribution in [0.3, 0.4) is 0 Å². The van der Waals surface area contributed by atoms with E-state index in [2.05, 4.69) is 12.1 Å². The van der Waals surface area contributed by atoms with Gasteiger partial charge in [-0.1, -0.05) is 36.4 Å². The molecule has 0 radical (unpaired) electrons. The maximum absolute atomic E-state index is 11.5. The SMILES string of the molecule is COC(=O)Cn1c2ccccc2c2ccccc21. The topological polar surface area (TPSA) is 31.2 Å². The molecular weight excluding hydrogens is 226 g/mol. The number of para-hydroxylation sites is 2. The minimum absolute atomic E-state index is 0.235. The molecule has 3 nitrogen and oxygen atoms in total. The highest BCUT2D eigenvalue weighted by molar-refractivity contribution is 6.08. The van der Waals surface area contributed by atoms with E-state index in [0.29, 0.717) is 0 Å². The van der Waals surface area contributed by atoms with Crippen LogP contribution in [0.2, 0.25) is 0 Å². The van der Waals surface area contributed by atoms with Gasteiger partial charge in [-0.05, 0) is 12.1 Å². The summed E-state index contributed by atoms with van der Waals surface area (Å²) in [6.45, 7) is 0.241. The zero-order chi connectivity index (χ0) is 12.5. The first-order valence-corrected chi connectivity index (χ1v) is 5.84. The molecule has 2 aromatic carbocycles. The molecule has 3 heteroatoms. The number of carbonyl (C=O) groups is 1. The van der Waals surface area contributed by atoms with Gasteiger partial charge in [0, 0.05) is 21.8 Å². The van der Waals surface area contributed by atoms with Gasteiger partial charge < -0.3 is 9.30 Å². The second-order valence-corrected chi connectivity index (χ2v) is 4.20. The Bertz CT molecular complexity index is 674. The highest BCUT2D eigenvalue weighted by Gasteiger charge is 2.12. The van der Waals surface area contributed by atoms with E-state index in [1.807, 2.05) is 41.0 Å². The Morgan fingerprint density at radius 2 is 1.50 bits per heavy atom. The van der Waals surface area contributed by atoms with Crippen LogP contribution in [0.15, 0.2) is 48.5 Å². The number of carbonyl (C=O) groups excluding carboxylic acids is 1. The molecule has 0 spiro atoms. The summed E-state index contributed by atoms with van der Waals surface area (Å²) in [5.41, 5.74) is 2.12. The molecular formula is C15H13NO2. The number of aromatic nitrogens is 1. The lowest BCUT2D eigenvalue weighted by atomic mass is 10.2. The maximum Gasteiger partial charge on any atom is 0.325 e. The van der Waals surface area contributed by atoms with E-state index in [9.17, 15) is 4.79 Å². The van der Waals surface area contributed by atoms with Crippen molar-refractivity contribution in [3.63, 3.8) is 0 Å². The minimum Gasteiger partial charge on any atom is -0.468 e. The molecule has 3 rings (SSSR count). The number of fused-ring (bicyclic) bond motifs is 3. The normalized spacial score (nSPS) is 10.9. The first kappa shape index (κ1) is 10.8. The Balaban J connectivity index is 2.34. The van der Waals surface area contributed by atoms with Crippen LogP contribution >= 0.6 is 0 Å². The third-order valence-electron chi connectivity index (χ3n) is 3.19. The van der Waals surface area contributed by atoms with Crippen molar-refractivity contribution in [2.45, 2.75) is 6.54 Å². The quantitative estimate of drug-likeness (QED) is 0.644. The summed E-state index contributed by atoms with van der Waals surface area (Å²) in [5.74, 6) is -0.235. The number of rotatable bonds is 2. The van der Waals surface area contributed by atoms with E-state index >= 15 is 0 Å². The average molecular weight is 239 g/mol. The fourth-order valence-electron chi connectivity index (χ4n) is 2.37. The Morgan fingerprint density at radius 3 is 2.00 bits per heavy atom. The predicted octanol–water partition coefficient (Wildman–Crippen LogP) is 2.97. The van der Waals surface area contributed by atoms with Gasteiger partial charge in [0.05, 0.1) is 7.11 Å². The largest absolute Gasteiger partial charge is 0.468 e. The Kier molecular flexibility index (Phi) is 2.52. The first-order valence-electron chi connectivity index (χ1n) is 5.84. The molecule has 0 saturated carbocycles. The number of hydrogen-bond donors (Lipinski definition) is 0. The van der Waals surface area contributed by atoms with Crippen molar-refractivity contribution in [3.05, 3.63) is 48.5 Å². The van der Waals surface area contributed by atoms with Crippen LogP contribution in [0.4, 0.5) is 0 Å². The summed E-state index contributed by atoms with van der Waals surface area (Å²) >= 11 is 0. The minimum atomic E-state index is -0.235. The molecule has 0 amide bonds. The molecule has 0 aliphatic heterocycles. The monoisotopic (exact) mass is 239 g/mol. The molecule has 0 unspecified atom stereocenters. The smallest absolute Gasteiger partial charge is 0.325 e. The summed E-state index contributed by atoms with van der Waals surface area (Å²) in [6.07, 6.45) is 0. The molecule has 0 aliphatic rings. The number of nitrogens with zero attached hydrogens (tertiary/aromatic N) is 1. The van der Waals surface area contributed by atoms with Crippen molar-refractivity contribution in [3.8, 4) is 0 Å². The van der Waals surface area contributed by atoms with Crippen molar-refractivity contribution in [1.82, 2.24) is 4.57 Å². The highest BCUT2D eigenvalue weighted by atomic mass is 16.5. The van der Waals surface area contributed by atoms with Gasteiger partial charge in [0.15, 0.2) is 0 Å². The van der Waals surface area contributed by atoms with Crippen molar-refractivity contribution in [2.75, 3.05) is 7.11 Å². The van der Waals surface area contributed by atoms with Gasteiger partial charge in [-0.3, -0.25) is 4.79 Å². The lowest BCUT2D eigenvalue weighted by Crippen LogP contribution is -2.11. The van der Waals surface area contributed by atoms with Gasteiger partial charge in [0.25, 0.3) is 0 Å². The van der Waals surface area contributed by atoms with Gasteiger partial charge >= 0.3 is 5.97 Å². The van der Waals surface area contributed by atoms with E-state index in [0.717, 1.165) is 21.8 Å². The fraction of sp³-hybridized carbons (Fsp3) is 0.133.